The summed E-state index contributed by atoms with van der Waals surface area (Å²) in [6.45, 7) is 0. The summed E-state index contributed by atoms with van der Waals surface area (Å²) >= 11 is 0. The van der Waals surface area contributed by atoms with E-state index in [2.05, 4.69) is 4.74 Å². The Hall–Kier alpha value is -1.29. The second kappa shape index (κ2) is 4.18. The van der Waals surface area contributed by atoms with Gasteiger partial charge in [-0.1, -0.05) is 0 Å². The number of halogens is 3. The molecule has 5 nitrogen and oxygen atoms in total. The third-order valence-electron chi connectivity index (χ3n) is 1.74. The minimum atomic E-state index is -5.50. The van der Waals surface area contributed by atoms with Crippen LogP contribution in [0, 0.1) is 5.82 Å². The van der Waals surface area contributed by atoms with Gasteiger partial charge >= 0.3 is 20.4 Å². The first-order valence-electron chi connectivity index (χ1n) is 3.84. The van der Waals surface area contributed by atoms with E-state index in [1.807, 2.05) is 0 Å². The van der Waals surface area contributed by atoms with Crippen LogP contribution in [0.15, 0.2) is 21.9 Å². The summed E-state index contributed by atoms with van der Waals surface area (Å²) in [5.41, 5.74) is 0. The minimum absolute atomic E-state index is 0.0127. The molecule has 0 saturated heterocycles. The van der Waals surface area contributed by atoms with Gasteiger partial charge in [0.15, 0.2) is 0 Å². The van der Waals surface area contributed by atoms with Crippen molar-refractivity contribution in [2.45, 2.75) is 9.79 Å². The van der Waals surface area contributed by atoms with E-state index < -0.39 is 41.8 Å². The fraction of sp³-hybridized carbons (Fsp3) is 0.143. The van der Waals surface area contributed by atoms with E-state index in [-0.39, 0.29) is 12.1 Å². The Labute approximate surface area is 95.2 Å². The van der Waals surface area contributed by atoms with Gasteiger partial charge in [-0.2, -0.15) is 16.8 Å². The fourth-order valence-electron chi connectivity index (χ4n) is 1.05. The topological polar surface area (TPSA) is 77.5 Å². The van der Waals surface area contributed by atoms with Crippen molar-refractivity contribution in [1.29, 1.82) is 0 Å². The van der Waals surface area contributed by atoms with Gasteiger partial charge in [-0.05, 0) is 6.07 Å². The number of hydrogen-bond acceptors (Lipinski definition) is 5. The molecular formula is C7H5F3O5S2. The molecule has 0 radical (unpaired) electrons. The lowest BCUT2D eigenvalue weighted by Gasteiger charge is -2.06. The summed E-state index contributed by atoms with van der Waals surface area (Å²) in [6, 6.07) is 0.276. The molecule has 0 heterocycles. The molecule has 0 aliphatic rings. The zero-order chi connectivity index (χ0) is 13.4. The molecule has 17 heavy (non-hydrogen) atoms. The molecule has 0 aliphatic heterocycles. The molecule has 0 atom stereocenters. The van der Waals surface area contributed by atoms with Crippen LogP contribution in [-0.4, -0.2) is 23.9 Å². The van der Waals surface area contributed by atoms with Crippen molar-refractivity contribution in [1.82, 2.24) is 0 Å². The number of hydrogen-bond donors (Lipinski definition) is 0. The van der Waals surface area contributed by atoms with Crippen molar-refractivity contribution in [3.63, 3.8) is 0 Å². The summed E-state index contributed by atoms with van der Waals surface area (Å²) in [4.78, 5) is -2.84. The van der Waals surface area contributed by atoms with E-state index in [1.165, 1.54) is 0 Å². The van der Waals surface area contributed by atoms with Crippen LogP contribution in [-0.2, 0) is 20.4 Å². The SMILES string of the molecule is COc1cc(F)c(S(=O)(=O)F)cc1S(=O)(=O)F. The predicted molar refractivity (Wildman–Crippen MR) is 49.5 cm³/mol. The van der Waals surface area contributed by atoms with Gasteiger partial charge in [-0.3, -0.25) is 0 Å². The molecule has 0 spiro atoms. The summed E-state index contributed by atoms with van der Waals surface area (Å²) in [5.74, 6) is -2.35. The maximum Gasteiger partial charge on any atom is 0.335 e. The summed E-state index contributed by atoms with van der Waals surface area (Å²) < 4.78 is 84.9. The predicted octanol–water partition coefficient (Wildman–Crippen LogP) is 1.15. The Kier molecular flexibility index (Phi) is 3.39. The smallest absolute Gasteiger partial charge is 0.335 e. The molecule has 0 aliphatic carbocycles. The molecule has 0 saturated carbocycles. The zero-order valence-corrected chi connectivity index (χ0v) is 9.78. The highest BCUT2D eigenvalue weighted by Crippen LogP contribution is 2.31. The molecule has 0 aromatic heterocycles. The largest absolute Gasteiger partial charge is 0.495 e. The van der Waals surface area contributed by atoms with Gasteiger partial charge in [0.1, 0.15) is 21.4 Å². The van der Waals surface area contributed by atoms with Crippen LogP contribution >= 0.6 is 0 Å². The molecule has 0 fully saturated rings. The fourth-order valence-corrected chi connectivity index (χ4v) is 2.32. The van der Waals surface area contributed by atoms with E-state index in [9.17, 15) is 29.0 Å². The average molecular weight is 290 g/mol. The van der Waals surface area contributed by atoms with Gasteiger partial charge in [-0.25, -0.2) is 4.39 Å². The molecule has 1 aromatic rings. The third kappa shape index (κ3) is 2.88. The third-order valence-corrected chi connectivity index (χ3v) is 3.43. The highest BCUT2D eigenvalue weighted by Gasteiger charge is 2.27. The second-order valence-corrected chi connectivity index (χ2v) is 5.44. The van der Waals surface area contributed by atoms with Gasteiger partial charge < -0.3 is 4.74 Å². The van der Waals surface area contributed by atoms with Crippen LogP contribution in [0.2, 0.25) is 0 Å². The van der Waals surface area contributed by atoms with E-state index in [1.54, 1.807) is 0 Å². The molecule has 0 amide bonds. The number of benzene rings is 1. The highest BCUT2D eigenvalue weighted by molar-refractivity contribution is 7.87. The van der Waals surface area contributed by atoms with Gasteiger partial charge in [0.2, 0.25) is 0 Å². The first-order chi connectivity index (χ1) is 7.57. The Bertz CT molecular complexity index is 650. The van der Waals surface area contributed by atoms with Crippen LogP contribution < -0.4 is 4.74 Å². The molecular weight excluding hydrogens is 285 g/mol. The first kappa shape index (κ1) is 13.8. The lowest BCUT2D eigenvalue weighted by atomic mass is 10.3. The maximum atomic E-state index is 13.1. The first-order valence-corrected chi connectivity index (χ1v) is 6.61. The monoisotopic (exact) mass is 290 g/mol. The minimum Gasteiger partial charge on any atom is -0.495 e. The van der Waals surface area contributed by atoms with Crippen molar-refractivity contribution in [2.75, 3.05) is 7.11 Å². The van der Waals surface area contributed by atoms with Gasteiger partial charge in [0, 0.05) is 6.07 Å². The quantitative estimate of drug-likeness (QED) is 0.780. The van der Waals surface area contributed by atoms with E-state index in [4.69, 9.17) is 0 Å². The van der Waals surface area contributed by atoms with Crippen LogP contribution in [0.1, 0.15) is 0 Å². The van der Waals surface area contributed by atoms with E-state index in [0.29, 0.717) is 0 Å². The normalized spacial score (nSPS) is 12.5. The summed E-state index contributed by atoms with van der Waals surface area (Å²) in [6.07, 6.45) is 0. The maximum absolute atomic E-state index is 13.1. The van der Waals surface area contributed by atoms with Crippen LogP contribution in [0.4, 0.5) is 12.2 Å². The van der Waals surface area contributed by atoms with Crippen molar-refractivity contribution in [3.8, 4) is 5.75 Å². The molecule has 96 valence electrons. The van der Waals surface area contributed by atoms with Crippen LogP contribution in [0.5, 0.6) is 5.75 Å². The van der Waals surface area contributed by atoms with Crippen molar-refractivity contribution in [2.24, 2.45) is 0 Å². The van der Waals surface area contributed by atoms with Gasteiger partial charge in [0.05, 0.1) is 7.11 Å². The summed E-state index contributed by atoms with van der Waals surface area (Å²) in [5, 5.41) is 0. The number of methoxy groups -OCH3 is 1. The second-order valence-electron chi connectivity index (χ2n) is 2.81. The van der Waals surface area contributed by atoms with Gasteiger partial charge in [-0.15, -0.1) is 7.77 Å². The number of rotatable bonds is 3. The zero-order valence-electron chi connectivity index (χ0n) is 8.15. The lowest BCUT2D eigenvalue weighted by Crippen LogP contribution is -2.03. The number of ether oxygens (including phenoxy) is 1. The molecule has 0 bridgehead atoms. The van der Waals surface area contributed by atoms with Crippen molar-refractivity contribution in [3.05, 3.63) is 17.9 Å². The Balaban J connectivity index is 3.73. The molecule has 0 unspecified atom stereocenters. The summed E-state index contributed by atoms with van der Waals surface area (Å²) in [7, 11) is -9.96. The van der Waals surface area contributed by atoms with Crippen LogP contribution in [0.25, 0.3) is 0 Å². The molecule has 1 rings (SSSR count). The van der Waals surface area contributed by atoms with Crippen molar-refractivity contribution < 1.29 is 33.7 Å². The Morgan fingerprint density at radius 1 is 1.00 bits per heavy atom. The standard InChI is InChI=1S/C7H5F3O5S2/c1-15-5-2-4(8)6(16(9,11)12)3-7(5)17(10,13)14/h2-3H,1H3. The highest BCUT2D eigenvalue weighted by atomic mass is 32.3. The Morgan fingerprint density at radius 2 is 1.47 bits per heavy atom. The van der Waals surface area contributed by atoms with Gasteiger partial charge in [0.25, 0.3) is 0 Å². The lowest BCUT2D eigenvalue weighted by molar-refractivity contribution is 0.395. The van der Waals surface area contributed by atoms with E-state index in [0.717, 1.165) is 7.11 Å². The molecule has 0 N–H and O–H groups in total. The molecule has 1 aromatic carbocycles. The van der Waals surface area contributed by atoms with Crippen LogP contribution in [0.3, 0.4) is 0 Å². The Morgan fingerprint density at radius 3 is 1.82 bits per heavy atom. The average Bonchev–Trinajstić information content (AvgIpc) is 2.13. The van der Waals surface area contributed by atoms with E-state index >= 15 is 0 Å². The van der Waals surface area contributed by atoms with Crippen molar-refractivity contribution >= 4 is 20.4 Å². The molecule has 10 heteroatoms.